The second-order valence-corrected chi connectivity index (χ2v) is 7.68. The first-order chi connectivity index (χ1) is 16.5. The van der Waals surface area contributed by atoms with Crippen molar-refractivity contribution < 1.29 is 19.1 Å². The lowest BCUT2D eigenvalue weighted by molar-refractivity contribution is -0.117. The van der Waals surface area contributed by atoms with Crippen molar-refractivity contribution in [2.45, 2.75) is 20.3 Å². The Morgan fingerprint density at radius 1 is 0.941 bits per heavy atom. The van der Waals surface area contributed by atoms with Crippen molar-refractivity contribution in [3.05, 3.63) is 101 Å². The van der Waals surface area contributed by atoms with Gasteiger partial charge in [-0.1, -0.05) is 55.5 Å². The van der Waals surface area contributed by atoms with Gasteiger partial charge in [-0.05, 0) is 60.4 Å². The molecular formula is C27H25N3O4. The highest BCUT2D eigenvalue weighted by Gasteiger charge is 2.17. The van der Waals surface area contributed by atoms with Gasteiger partial charge >= 0.3 is 0 Å². The molecule has 0 aromatic heterocycles. The molecule has 0 saturated heterocycles. The maximum Gasteiger partial charge on any atom is 0.287 e. The molecule has 0 atom stereocenters. The van der Waals surface area contributed by atoms with Crippen molar-refractivity contribution in [1.29, 1.82) is 0 Å². The molecule has 4 rings (SSSR count). The smallest absolute Gasteiger partial charge is 0.287 e. The summed E-state index contributed by atoms with van der Waals surface area (Å²) in [6, 6.07) is 21.9. The molecule has 2 N–H and O–H groups in total. The van der Waals surface area contributed by atoms with Gasteiger partial charge in [0.2, 0.25) is 6.79 Å². The number of hydrogen-bond donors (Lipinski definition) is 2. The minimum Gasteiger partial charge on any atom is -0.454 e. The van der Waals surface area contributed by atoms with Crippen LogP contribution in [0.4, 0.5) is 0 Å². The number of ether oxygens (including phenoxy) is 2. The summed E-state index contributed by atoms with van der Waals surface area (Å²) in [7, 11) is 0. The summed E-state index contributed by atoms with van der Waals surface area (Å²) in [5.41, 5.74) is 6.46. The molecule has 3 aromatic rings. The molecule has 0 saturated carbocycles. The number of amides is 2. The largest absolute Gasteiger partial charge is 0.454 e. The summed E-state index contributed by atoms with van der Waals surface area (Å²) < 4.78 is 10.8. The fourth-order valence-electron chi connectivity index (χ4n) is 3.35. The normalized spacial score (nSPS) is 12.9. The third-order valence-electron chi connectivity index (χ3n) is 5.34. The van der Waals surface area contributed by atoms with E-state index < -0.39 is 11.8 Å². The van der Waals surface area contributed by atoms with Crippen molar-refractivity contribution in [1.82, 2.24) is 10.7 Å². The van der Waals surface area contributed by atoms with E-state index in [4.69, 9.17) is 9.47 Å². The van der Waals surface area contributed by atoms with Crippen molar-refractivity contribution in [2.24, 2.45) is 5.10 Å². The van der Waals surface area contributed by atoms with E-state index in [2.05, 4.69) is 22.8 Å². The fourth-order valence-corrected chi connectivity index (χ4v) is 3.35. The van der Waals surface area contributed by atoms with Crippen LogP contribution < -0.4 is 20.2 Å². The molecule has 0 unspecified atom stereocenters. The fraction of sp³-hybridized carbons (Fsp3) is 0.148. The minimum atomic E-state index is -0.550. The van der Waals surface area contributed by atoms with Gasteiger partial charge < -0.3 is 14.8 Å². The van der Waals surface area contributed by atoms with E-state index in [1.807, 2.05) is 37.3 Å². The molecule has 0 fully saturated rings. The van der Waals surface area contributed by atoms with E-state index in [9.17, 15) is 9.59 Å². The van der Waals surface area contributed by atoms with E-state index in [1.54, 1.807) is 48.5 Å². The molecule has 1 aliphatic heterocycles. The summed E-state index contributed by atoms with van der Waals surface area (Å²) in [5, 5.41) is 6.93. The molecule has 0 spiro atoms. The van der Waals surface area contributed by atoms with Crippen LogP contribution in [0.2, 0.25) is 0 Å². The third kappa shape index (κ3) is 5.50. The van der Waals surface area contributed by atoms with Crippen LogP contribution in [0, 0.1) is 0 Å². The molecule has 2 amide bonds. The second-order valence-electron chi connectivity index (χ2n) is 7.68. The number of carbonyl (C=O) groups is 2. The summed E-state index contributed by atoms with van der Waals surface area (Å²) in [6.07, 6.45) is 2.52. The van der Waals surface area contributed by atoms with E-state index in [0.29, 0.717) is 28.3 Å². The monoisotopic (exact) mass is 455 g/mol. The molecule has 0 aliphatic carbocycles. The van der Waals surface area contributed by atoms with Crippen LogP contribution >= 0.6 is 0 Å². The van der Waals surface area contributed by atoms with Crippen molar-refractivity contribution >= 4 is 23.6 Å². The first-order valence-corrected chi connectivity index (χ1v) is 10.9. The van der Waals surface area contributed by atoms with Gasteiger partial charge in [-0.15, -0.1) is 0 Å². The molecule has 172 valence electrons. The number of nitrogens with one attached hydrogen (secondary N) is 2. The number of hydrogen-bond acceptors (Lipinski definition) is 5. The first-order valence-electron chi connectivity index (χ1n) is 10.9. The Hall–Kier alpha value is -4.39. The van der Waals surface area contributed by atoms with Crippen LogP contribution in [-0.4, -0.2) is 24.3 Å². The Bertz CT molecular complexity index is 1250. The Morgan fingerprint density at radius 2 is 1.68 bits per heavy atom. The van der Waals surface area contributed by atoms with Crippen LogP contribution in [0.3, 0.4) is 0 Å². The van der Waals surface area contributed by atoms with Gasteiger partial charge in [-0.25, -0.2) is 5.43 Å². The minimum absolute atomic E-state index is 0.0469. The number of rotatable bonds is 7. The third-order valence-corrected chi connectivity index (χ3v) is 5.34. The highest BCUT2D eigenvalue weighted by molar-refractivity contribution is 6.06. The second kappa shape index (κ2) is 10.5. The van der Waals surface area contributed by atoms with Gasteiger partial charge in [0.05, 0.1) is 5.71 Å². The van der Waals surface area contributed by atoms with Gasteiger partial charge in [0.25, 0.3) is 11.8 Å². The summed E-state index contributed by atoms with van der Waals surface area (Å²) in [5.74, 6) is 0.253. The van der Waals surface area contributed by atoms with Crippen LogP contribution in [0.15, 0.2) is 83.6 Å². The van der Waals surface area contributed by atoms with E-state index in [0.717, 1.165) is 12.0 Å². The number of fused-ring (bicyclic) bond motifs is 1. The van der Waals surface area contributed by atoms with Gasteiger partial charge in [0, 0.05) is 5.56 Å². The topological polar surface area (TPSA) is 89.0 Å². The predicted octanol–water partition coefficient (Wildman–Crippen LogP) is 4.29. The van der Waals surface area contributed by atoms with Crippen LogP contribution in [0.1, 0.15) is 40.9 Å². The molecule has 3 aromatic carbocycles. The Labute approximate surface area is 198 Å². The lowest BCUT2D eigenvalue weighted by atomic mass is 10.1. The Balaban J connectivity index is 1.57. The van der Waals surface area contributed by atoms with Crippen LogP contribution in [0.5, 0.6) is 11.5 Å². The summed E-state index contributed by atoms with van der Waals surface area (Å²) in [4.78, 5) is 25.8. The van der Waals surface area contributed by atoms with Crippen LogP contribution in [0.25, 0.3) is 6.08 Å². The summed E-state index contributed by atoms with van der Waals surface area (Å²) in [6.45, 7) is 4.05. The van der Waals surface area contributed by atoms with Crippen molar-refractivity contribution in [3.63, 3.8) is 0 Å². The van der Waals surface area contributed by atoms with E-state index in [1.165, 1.54) is 5.56 Å². The molecule has 34 heavy (non-hydrogen) atoms. The Morgan fingerprint density at radius 3 is 2.41 bits per heavy atom. The SMILES string of the molecule is CCc1ccc(/C(C)=N/NC(=O)/C(=C\c2ccc3c(c2)OCO3)NC(=O)c2ccccc2)cc1. The number of nitrogens with zero attached hydrogens (tertiary/aromatic N) is 1. The van der Waals surface area contributed by atoms with E-state index in [-0.39, 0.29) is 12.5 Å². The van der Waals surface area contributed by atoms with Gasteiger partial charge in [-0.3, -0.25) is 9.59 Å². The van der Waals surface area contributed by atoms with Crippen LogP contribution in [-0.2, 0) is 11.2 Å². The predicted molar refractivity (Wildman–Crippen MR) is 131 cm³/mol. The zero-order chi connectivity index (χ0) is 23.9. The average molecular weight is 456 g/mol. The highest BCUT2D eigenvalue weighted by Crippen LogP contribution is 2.33. The number of hydrazone groups is 1. The quantitative estimate of drug-likeness (QED) is 0.316. The molecule has 0 bridgehead atoms. The molecule has 7 heteroatoms. The van der Waals surface area contributed by atoms with Crippen molar-refractivity contribution in [2.75, 3.05) is 6.79 Å². The highest BCUT2D eigenvalue weighted by atomic mass is 16.7. The maximum absolute atomic E-state index is 13.0. The molecule has 1 heterocycles. The van der Waals surface area contributed by atoms with Crippen molar-refractivity contribution in [3.8, 4) is 11.5 Å². The average Bonchev–Trinajstić information content (AvgIpc) is 3.35. The van der Waals surface area contributed by atoms with E-state index >= 15 is 0 Å². The maximum atomic E-state index is 13.0. The molecule has 0 radical (unpaired) electrons. The lowest BCUT2D eigenvalue weighted by Gasteiger charge is -2.10. The lowest BCUT2D eigenvalue weighted by Crippen LogP contribution is -2.33. The van der Waals surface area contributed by atoms with Gasteiger partial charge in [-0.2, -0.15) is 5.10 Å². The zero-order valence-electron chi connectivity index (χ0n) is 19.0. The standard InChI is InChI=1S/C27H25N3O4/c1-3-19-9-12-21(13-10-19)18(2)29-30-27(32)23(28-26(31)22-7-5-4-6-8-22)15-20-11-14-24-25(16-20)34-17-33-24/h4-16H,3,17H2,1-2H3,(H,28,31)(H,30,32)/b23-15+,29-18+. The first kappa shape index (κ1) is 22.8. The molecule has 1 aliphatic rings. The Kier molecular flexibility index (Phi) is 7.03. The number of benzene rings is 3. The number of carbonyl (C=O) groups excluding carboxylic acids is 2. The molecular weight excluding hydrogens is 430 g/mol. The molecule has 7 nitrogen and oxygen atoms in total. The summed E-state index contributed by atoms with van der Waals surface area (Å²) >= 11 is 0. The van der Waals surface area contributed by atoms with Gasteiger partial charge in [0.15, 0.2) is 11.5 Å². The number of aryl methyl sites for hydroxylation is 1. The van der Waals surface area contributed by atoms with Gasteiger partial charge in [0.1, 0.15) is 5.70 Å². The zero-order valence-corrected chi connectivity index (χ0v) is 19.0.